The molecule has 0 unspecified atom stereocenters. The van der Waals surface area contributed by atoms with Gasteiger partial charge in [0.1, 0.15) is 0 Å². The fourth-order valence-corrected chi connectivity index (χ4v) is 0.270. The molecular formula is C4H6CaO6. The molecule has 0 spiro atoms. The van der Waals surface area contributed by atoms with Crippen molar-refractivity contribution in [2.24, 2.45) is 0 Å². The average Bonchev–Trinajstić information content (AvgIpc) is 1.84. The Morgan fingerprint density at radius 2 is 1.09 bits per heavy atom. The predicted octanol–water partition coefficient (Wildman–Crippen LogP) is -2.50. The molecule has 0 aliphatic carbocycles. The minimum absolute atomic E-state index is 0. The van der Waals surface area contributed by atoms with Crippen LogP contribution in [-0.4, -0.2) is 82.3 Å². The Kier molecular flexibility index (Phi) is 7.13. The molecule has 0 rings (SSSR count). The smallest absolute Gasteiger partial charge is 0.335 e. The number of aliphatic hydroxyl groups is 2. The number of rotatable bonds is 3. The second-order valence-electron chi connectivity index (χ2n) is 1.57. The number of aliphatic hydroxyl groups excluding tert-OH is 2. The predicted molar refractivity (Wildman–Crippen MR) is 33.0 cm³/mol. The monoisotopic (exact) mass is 190 g/mol. The van der Waals surface area contributed by atoms with E-state index in [1.54, 1.807) is 0 Å². The Balaban J connectivity index is 0. The molecule has 0 saturated carbocycles. The van der Waals surface area contributed by atoms with Gasteiger partial charge in [0.2, 0.25) is 0 Å². The second kappa shape index (κ2) is 5.73. The van der Waals surface area contributed by atoms with Gasteiger partial charge in [-0.05, 0) is 0 Å². The largest absolute Gasteiger partial charge is 0.479 e. The van der Waals surface area contributed by atoms with Crippen molar-refractivity contribution in [3.05, 3.63) is 0 Å². The summed E-state index contributed by atoms with van der Waals surface area (Å²) in [5.41, 5.74) is 0. The zero-order valence-electron chi connectivity index (χ0n) is 5.47. The SMILES string of the molecule is O=C(O)[C@@H](O)[C@@H](O)C(=O)O.[Ca]. The molecule has 4 N–H and O–H groups in total. The van der Waals surface area contributed by atoms with Crippen LogP contribution >= 0.6 is 0 Å². The summed E-state index contributed by atoms with van der Waals surface area (Å²) in [6.07, 6.45) is -4.53. The van der Waals surface area contributed by atoms with Crippen LogP contribution in [-0.2, 0) is 9.59 Å². The van der Waals surface area contributed by atoms with Crippen molar-refractivity contribution < 1.29 is 30.0 Å². The Morgan fingerprint density at radius 3 is 1.18 bits per heavy atom. The van der Waals surface area contributed by atoms with Crippen molar-refractivity contribution in [3.8, 4) is 0 Å². The summed E-state index contributed by atoms with van der Waals surface area (Å²) in [7, 11) is 0. The number of carboxylic acids is 2. The van der Waals surface area contributed by atoms with E-state index in [4.69, 9.17) is 20.4 Å². The Hall–Kier alpha value is 0.120. The topological polar surface area (TPSA) is 115 Å². The molecule has 0 saturated heterocycles. The fraction of sp³-hybridized carbons (Fsp3) is 0.500. The normalized spacial score (nSPS) is 14.4. The number of carbonyl (C=O) groups is 2. The summed E-state index contributed by atoms with van der Waals surface area (Å²) in [6, 6.07) is 0. The van der Waals surface area contributed by atoms with E-state index in [0.29, 0.717) is 0 Å². The van der Waals surface area contributed by atoms with Crippen molar-refractivity contribution >= 4 is 49.7 Å². The van der Waals surface area contributed by atoms with Gasteiger partial charge >= 0.3 is 11.9 Å². The zero-order valence-corrected chi connectivity index (χ0v) is 7.68. The molecule has 6 nitrogen and oxygen atoms in total. The molecule has 11 heavy (non-hydrogen) atoms. The van der Waals surface area contributed by atoms with E-state index in [1.807, 2.05) is 0 Å². The standard InChI is InChI=1S/C4H6O6.Ca/c5-1(3(7)8)2(6)4(9)10;/h1-2,5-6H,(H,7,8)(H,9,10);/t1-,2+;. The Bertz CT molecular complexity index is 139. The third kappa shape index (κ3) is 4.54. The maximum Gasteiger partial charge on any atom is 0.335 e. The van der Waals surface area contributed by atoms with Crippen LogP contribution in [0.4, 0.5) is 0 Å². The molecule has 0 fully saturated rings. The van der Waals surface area contributed by atoms with Gasteiger partial charge in [-0.25, -0.2) is 9.59 Å². The molecule has 2 atom stereocenters. The molecule has 0 amide bonds. The second-order valence-corrected chi connectivity index (χ2v) is 1.57. The van der Waals surface area contributed by atoms with Crippen molar-refractivity contribution in [2.75, 3.05) is 0 Å². The first-order valence-corrected chi connectivity index (χ1v) is 2.28. The number of hydrogen-bond donors (Lipinski definition) is 4. The van der Waals surface area contributed by atoms with Crippen LogP contribution in [0.5, 0.6) is 0 Å². The first-order chi connectivity index (χ1) is 4.46. The fourth-order valence-electron chi connectivity index (χ4n) is 0.270. The Morgan fingerprint density at radius 1 is 0.909 bits per heavy atom. The summed E-state index contributed by atoms with van der Waals surface area (Å²) < 4.78 is 0. The first kappa shape index (κ1) is 13.7. The van der Waals surface area contributed by atoms with Crippen LogP contribution in [0, 0.1) is 0 Å². The molecule has 2 radical (unpaired) electrons. The van der Waals surface area contributed by atoms with Gasteiger partial charge in [0.15, 0.2) is 12.2 Å². The molecular weight excluding hydrogens is 184 g/mol. The van der Waals surface area contributed by atoms with Crippen molar-refractivity contribution in [3.63, 3.8) is 0 Å². The number of carboxylic acid groups (broad SMARTS) is 2. The van der Waals surface area contributed by atoms with E-state index >= 15 is 0 Å². The third-order valence-electron chi connectivity index (χ3n) is 0.805. The van der Waals surface area contributed by atoms with E-state index in [9.17, 15) is 9.59 Å². The molecule has 60 valence electrons. The molecule has 0 aromatic heterocycles. The van der Waals surface area contributed by atoms with Crippen molar-refractivity contribution in [1.82, 2.24) is 0 Å². The molecule has 0 bridgehead atoms. The average molecular weight is 190 g/mol. The van der Waals surface area contributed by atoms with E-state index in [1.165, 1.54) is 0 Å². The van der Waals surface area contributed by atoms with Crippen LogP contribution in [0.3, 0.4) is 0 Å². The van der Waals surface area contributed by atoms with Crippen LogP contribution in [0.1, 0.15) is 0 Å². The van der Waals surface area contributed by atoms with Crippen molar-refractivity contribution in [2.45, 2.75) is 12.2 Å². The van der Waals surface area contributed by atoms with Gasteiger partial charge in [0.05, 0.1) is 0 Å². The van der Waals surface area contributed by atoms with Gasteiger partial charge in [-0.3, -0.25) is 0 Å². The summed E-state index contributed by atoms with van der Waals surface area (Å²) in [5.74, 6) is -3.54. The van der Waals surface area contributed by atoms with Gasteiger partial charge in [-0.15, -0.1) is 0 Å². The van der Waals surface area contributed by atoms with E-state index in [2.05, 4.69) is 0 Å². The minimum Gasteiger partial charge on any atom is -0.479 e. The Labute approximate surface area is 91.4 Å². The molecule has 7 heteroatoms. The molecule has 0 aliphatic heterocycles. The first-order valence-electron chi connectivity index (χ1n) is 2.28. The molecule has 0 aromatic rings. The molecule has 0 heterocycles. The van der Waals surface area contributed by atoms with E-state index in [0.717, 1.165) is 0 Å². The summed E-state index contributed by atoms with van der Waals surface area (Å²) >= 11 is 0. The van der Waals surface area contributed by atoms with Crippen LogP contribution in [0.25, 0.3) is 0 Å². The van der Waals surface area contributed by atoms with Gasteiger partial charge in [-0.1, -0.05) is 0 Å². The van der Waals surface area contributed by atoms with Gasteiger partial charge in [0, 0.05) is 37.7 Å². The van der Waals surface area contributed by atoms with Gasteiger partial charge in [0.25, 0.3) is 0 Å². The van der Waals surface area contributed by atoms with Crippen LogP contribution in [0.2, 0.25) is 0 Å². The van der Waals surface area contributed by atoms with E-state index in [-0.39, 0.29) is 37.7 Å². The summed E-state index contributed by atoms with van der Waals surface area (Å²) in [4.78, 5) is 19.5. The maximum absolute atomic E-state index is 9.77. The molecule has 0 aromatic carbocycles. The van der Waals surface area contributed by atoms with Crippen LogP contribution < -0.4 is 0 Å². The van der Waals surface area contributed by atoms with Crippen LogP contribution in [0.15, 0.2) is 0 Å². The molecule has 0 aliphatic rings. The minimum atomic E-state index is -2.27. The van der Waals surface area contributed by atoms with E-state index < -0.39 is 24.1 Å². The van der Waals surface area contributed by atoms with Gasteiger partial charge < -0.3 is 20.4 Å². The number of hydrogen-bond acceptors (Lipinski definition) is 4. The van der Waals surface area contributed by atoms with Gasteiger partial charge in [-0.2, -0.15) is 0 Å². The zero-order chi connectivity index (χ0) is 8.31. The number of aliphatic carboxylic acids is 2. The quantitative estimate of drug-likeness (QED) is 0.365. The van der Waals surface area contributed by atoms with Crippen molar-refractivity contribution in [1.29, 1.82) is 0 Å². The maximum atomic E-state index is 9.77. The third-order valence-corrected chi connectivity index (χ3v) is 0.805. The summed E-state index contributed by atoms with van der Waals surface area (Å²) in [5, 5.41) is 32.5. The summed E-state index contributed by atoms with van der Waals surface area (Å²) in [6.45, 7) is 0.